The number of methoxy groups -OCH3 is 1. The molecular formula is C12H8Cl2N4O. The molecule has 7 heteroatoms. The van der Waals surface area contributed by atoms with Gasteiger partial charge < -0.3 is 9.72 Å². The highest BCUT2D eigenvalue weighted by Gasteiger charge is 2.13. The first-order valence-corrected chi connectivity index (χ1v) is 6.16. The zero-order valence-corrected chi connectivity index (χ0v) is 11.3. The first-order valence-electron chi connectivity index (χ1n) is 5.40. The van der Waals surface area contributed by atoms with Gasteiger partial charge >= 0.3 is 0 Å². The van der Waals surface area contributed by atoms with Crippen LogP contribution in [0.2, 0.25) is 10.2 Å². The number of ether oxygens (including phenoxy) is 1. The topological polar surface area (TPSA) is 63.7 Å². The zero-order valence-electron chi connectivity index (χ0n) is 9.82. The molecule has 0 aliphatic carbocycles. The van der Waals surface area contributed by atoms with Crippen LogP contribution in [0.15, 0.2) is 24.4 Å². The molecular weight excluding hydrogens is 287 g/mol. The summed E-state index contributed by atoms with van der Waals surface area (Å²) in [6.45, 7) is 0. The van der Waals surface area contributed by atoms with Crippen LogP contribution in [0.5, 0.6) is 5.88 Å². The van der Waals surface area contributed by atoms with E-state index in [2.05, 4.69) is 19.9 Å². The molecule has 0 spiro atoms. The fourth-order valence-electron chi connectivity index (χ4n) is 1.76. The lowest BCUT2D eigenvalue weighted by Gasteiger charge is -2.02. The number of hydrogen-bond donors (Lipinski definition) is 1. The number of H-pyrrole nitrogens is 1. The number of rotatable bonds is 2. The second-order valence-corrected chi connectivity index (χ2v) is 4.54. The highest BCUT2D eigenvalue weighted by molar-refractivity contribution is 6.41. The number of aromatic amines is 1. The van der Waals surface area contributed by atoms with E-state index in [4.69, 9.17) is 27.9 Å². The number of halogens is 2. The third-order valence-electron chi connectivity index (χ3n) is 2.60. The van der Waals surface area contributed by atoms with E-state index in [-0.39, 0.29) is 5.15 Å². The summed E-state index contributed by atoms with van der Waals surface area (Å²) in [6.07, 6.45) is 1.65. The van der Waals surface area contributed by atoms with Gasteiger partial charge in [0.05, 0.1) is 23.2 Å². The number of nitrogens with zero attached hydrogens (tertiary/aromatic N) is 3. The minimum Gasteiger partial charge on any atom is -0.480 e. The van der Waals surface area contributed by atoms with Gasteiger partial charge in [-0.3, -0.25) is 0 Å². The van der Waals surface area contributed by atoms with Crippen LogP contribution in [0, 0.1) is 0 Å². The van der Waals surface area contributed by atoms with Crippen molar-refractivity contribution in [2.45, 2.75) is 0 Å². The van der Waals surface area contributed by atoms with Crippen molar-refractivity contribution in [2.75, 3.05) is 7.11 Å². The Morgan fingerprint density at radius 2 is 2.11 bits per heavy atom. The molecule has 0 saturated heterocycles. The zero-order chi connectivity index (χ0) is 13.4. The Balaban J connectivity index is 2.20. The molecule has 19 heavy (non-hydrogen) atoms. The van der Waals surface area contributed by atoms with Gasteiger partial charge in [-0.2, -0.15) is 0 Å². The summed E-state index contributed by atoms with van der Waals surface area (Å²) in [5, 5.41) is 0.605. The average Bonchev–Trinajstić information content (AvgIpc) is 2.82. The fraction of sp³-hybridized carbons (Fsp3) is 0.0833. The van der Waals surface area contributed by atoms with Gasteiger partial charge in [0, 0.05) is 6.20 Å². The highest BCUT2D eigenvalue weighted by Crippen LogP contribution is 2.29. The summed E-state index contributed by atoms with van der Waals surface area (Å²) < 4.78 is 5.20. The van der Waals surface area contributed by atoms with Crippen molar-refractivity contribution < 1.29 is 4.74 Å². The number of hydrogen-bond acceptors (Lipinski definition) is 4. The second-order valence-electron chi connectivity index (χ2n) is 3.78. The number of fused-ring (bicyclic) bond motifs is 1. The van der Waals surface area contributed by atoms with Crippen molar-refractivity contribution in [1.82, 2.24) is 19.9 Å². The van der Waals surface area contributed by atoms with E-state index in [1.54, 1.807) is 25.4 Å². The smallest absolute Gasteiger partial charge is 0.224 e. The third-order valence-corrected chi connectivity index (χ3v) is 3.28. The largest absolute Gasteiger partial charge is 0.480 e. The minimum absolute atomic E-state index is 0.227. The van der Waals surface area contributed by atoms with Crippen molar-refractivity contribution in [2.24, 2.45) is 0 Å². The number of imidazole rings is 1. The molecule has 0 unspecified atom stereocenters. The molecule has 5 nitrogen and oxygen atoms in total. The molecule has 3 rings (SSSR count). The van der Waals surface area contributed by atoms with E-state index in [9.17, 15) is 0 Å². The van der Waals surface area contributed by atoms with Crippen LogP contribution in [0.3, 0.4) is 0 Å². The number of pyridine rings is 2. The molecule has 0 bridgehead atoms. The summed E-state index contributed by atoms with van der Waals surface area (Å²) in [7, 11) is 1.56. The van der Waals surface area contributed by atoms with E-state index in [0.717, 1.165) is 5.56 Å². The maximum Gasteiger partial charge on any atom is 0.224 e. The van der Waals surface area contributed by atoms with Crippen LogP contribution in [0.25, 0.3) is 22.6 Å². The SMILES string of the molecule is COc1ncccc1-c1nc2nc(Cl)c(Cl)cc2[nH]1. The van der Waals surface area contributed by atoms with Gasteiger partial charge in [0.2, 0.25) is 5.88 Å². The van der Waals surface area contributed by atoms with E-state index >= 15 is 0 Å². The standard InChI is InChI=1S/C12H8Cl2N4O/c1-19-12-6(3-2-4-15-12)10-16-8-5-7(13)9(14)17-11(8)18-10/h2-5H,1H3,(H,16,17,18). The molecule has 3 aromatic rings. The predicted molar refractivity (Wildman–Crippen MR) is 73.7 cm³/mol. The lowest BCUT2D eigenvalue weighted by molar-refractivity contribution is 0.399. The predicted octanol–water partition coefficient (Wildman–Crippen LogP) is 3.34. The quantitative estimate of drug-likeness (QED) is 0.736. The molecule has 0 atom stereocenters. The van der Waals surface area contributed by atoms with Crippen LogP contribution in [0.4, 0.5) is 0 Å². The van der Waals surface area contributed by atoms with Crippen molar-refractivity contribution >= 4 is 34.4 Å². The molecule has 3 aromatic heterocycles. The second kappa shape index (κ2) is 4.68. The summed E-state index contributed by atoms with van der Waals surface area (Å²) in [4.78, 5) is 15.7. The first kappa shape index (κ1) is 12.2. The summed E-state index contributed by atoms with van der Waals surface area (Å²) >= 11 is 11.8. The Morgan fingerprint density at radius 3 is 2.89 bits per heavy atom. The molecule has 0 fully saturated rings. The summed E-state index contributed by atoms with van der Waals surface area (Å²) in [6, 6.07) is 5.34. The van der Waals surface area contributed by atoms with Gasteiger partial charge in [-0.15, -0.1) is 0 Å². The molecule has 0 aliphatic heterocycles. The average molecular weight is 295 g/mol. The van der Waals surface area contributed by atoms with E-state index in [0.29, 0.717) is 27.9 Å². The Bertz CT molecular complexity index is 718. The van der Waals surface area contributed by atoms with Gasteiger partial charge in [-0.1, -0.05) is 23.2 Å². The molecule has 0 radical (unpaired) electrons. The number of aromatic nitrogens is 4. The molecule has 0 aromatic carbocycles. The molecule has 96 valence electrons. The maximum absolute atomic E-state index is 5.92. The van der Waals surface area contributed by atoms with Crippen LogP contribution < -0.4 is 4.74 Å². The van der Waals surface area contributed by atoms with Gasteiger partial charge in [-0.05, 0) is 18.2 Å². The Labute approximate surface area is 118 Å². The Kier molecular flexibility index (Phi) is 3.00. The summed E-state index contributed by atoms with van der Waals surface area (Å²) in [5.41, 5.74) is 1.95. The monoisotopic (exact) mass is 294 g/mol. The maximum atomic E-state index is 5.92. The normalized spacial score (nSPS) is 10.9. The van der Waals surface area contributed by atoms with Crippen LogP contribution in [0.1, 0.15) is 0 Å². The lowest BCUT2D eigenvalue weighted by atomic mass is 10.2. The van der Waals surface area contributed by atoms with Crippen molar-refractivity contribution in [3.8, 4) is 17.3 Å². The van der Waals surface area contributed by atoms with E-state index in [1.165, 1.54) is 0 Å². The first-order chi connectivity index (χ1) is 9.19. The van der Waals surface area contributed by atoms with Crippen molar-refractivity contribution in [3.05, 3.63) is 34.6 Å². The lowest BCUT2D eigenvalue weighted by Crippen LogP contribution is -1.91. The van der Waals surface area contributed by atoms with Crippen LogP contribution in [-0.2, 0) is 0 Å². The van der Waals surface area contributed by atoms with Gasteiger partial charge in [-0.25, -0.2) is 15.0 Å². The molecule has 0 saturated carbocycles. The summed E-state index contributed by atoms with van der Waals surface area (Å²) in [5.74, 6) is 1.09. The molecule has 0 aliphatic rings. The van der Waals surface area contributed by atoms with E-state index < -0.39 is 0 Å². The molecule has 1 N–H and O–H groups in total. The molecule has 3 heterocycles. The van der Waals surface area contributed by atoms with Gasteiger partial charge in [0.25, 0.3) is 0 Å². The molecule has 0 amide bonds. The Morgan fingerprint density at radius 1 is 1.26 bits per heavy atom. The van der Waals surface area contributed by atoms with Crippen molar-refractivity contribution in [3.63, 3.8) is 0 Å². The highest BCUT2D eigenvalue weighted by atomic mass is 35.5. The van der Waals surface area contributed by atoms with Gasteiger partial charge in [0.1, 0.15) is 11.0 Å². The third kappa shape index (κ3) is 2.11. The van der Waals surface area contributed by atoms with Crippen LogP contribution >= 0.6 is 23.2 Å². The van der Waals surface area contributed by atoms with Gasteiger partial charge in [0.15, 0.2) is 5.65 Å². The fourth-order valence-corrected chi connectivity index (χ4v) is 2.04. The Hall–Kier alpha value is -1.85. The van der Waals surface area contributed by atoms with E-state index in [1.807, 2.05) is 6.07 Å². The minimum atomic E-state index is 0.227. The number of nitrogens with one attached hydrogen (secondary N) is 1. The van der Waals surface area contributed by atoms with Crippen LogP contribution in [-0.4, -0.2) is 27.0 Å². The van der Waals surface area contributed by atoms with Crippen molar-refractivity contribution in [1.29, 1.82) is 0 Å².